The van der Waals surface area contributed by atoms with Crippen LogP contribution in [0.5, 0.6) is 0 Å². The number of carboxylic acid groups (broad SMARTS) is 1. The lowest BCUT2D eigenvalue weighted by atomic mass is 9.69. The van der Waals surface area contributed by atoms with Crippen LogP contribution in [-0.4, -0.2) is 28.6 Å². The summed E-state index contributed by atoms with van der Waals surface area (Å²) in [6.45, 7) is 9.06. The summed E-state index contributed by atoms with van der Waals surface area (Å²) in [5.74, 6) is -0.394. The number of carbonyl (C=O) groups excluding carboxylic acids is 1. The number of amides is 2. The van der Waals surface area contributed by atoms with E-state index >= 15 is 0 Å². The Kier molecular flexibility index (Phi) is 6.51. The number of carbonyl (C=O) groups is 2. The van der Waals surface area contributed by atoms with Crippen molar-refractivity contribution in [2.75, 3.05) is 6.54 Å². The normalized spacial score (nSPS) is 24.2. The monoisotopic (exact) mass is 432 g/mol. The molecule has 1 fully saturated rings. The third-order valence-corrected chi connectivity index (χ3v) is 6.63. The fourth-order valence-electron chi connectivity index (χ4n) is 4.39. The highest BCUT2D eigenvalue weighted by Crippen LogP contribution is 2.46. The first-order chi connectivity index (χ1) is 14.0. The number of hydrogen-bond acceptors (Lipinski definition) is 2. The number of nitrogens with one attached hydrogen (secondary N) is 1. The van der Waals surface area contributed by atoms with Crippen LogP contribution in [0.2, 0.25) is 5.02 Å². The Labute approximate surface area is 184 Å². The number of rotatable bonds is 6. The number of aryl methyl sites for hydroxylation is 1. The SMILES string of the molecule is CC1CCC2(c3ccc(CCC(C)(C)C)c(Cl)c3)NC(=O)N(CCC(=O)O)C=C2C1. The lowest BCUT2D eigenvalue weighted by Crippen LogP contribution is -2.57. The van der Waals surface area contributed by atoms with Gasteiger partial charge in [-0.25, -0.2) is 4.79 Å². The van der Waals surface area contributed by atoms with Crippen molar-refractivity contribution in [3.63, 3.8) is 0 Å². The zero-order chi connectivity index (χ0) is 22.1. The highest BCUT2D eigenvalue weighted by atomic mass is 35.5. The number of hydrogen-bond donors (Lipinski definition) is 2. The number of aliphatic carboxylic acids is 1. The molecule has 30 heavy (non-hydrogen) atoms. The molecule has 0 bridgehead atoms. The molecular weight excluding hydrogens is 400 g/mol. The van der Waals surface area contributed by atoms with Crippen molar-refractivity contribution < 1.29 is 14.7 Å². The molecule has 2 atom stereocenters. The van der Waals surface area contributed by atoms with E-state index in [0.29, 0.717) is 5.92 Å². The zero-order valence-electron chi connectivity index (χ0n) is 18.4. The molecule has 1 aromatic carbocycles. The van der Waals surface area contributed by atoms with Gasteiger partial charge in [0, 0.05) is 17.8 Å². The van der Waals surface area contributed by atoms with E-state index in [1.807, 2.05) is 12.3 Å². The summed E-state index contributed by atoms with van der Waals surface area (Å²) in [5, 5.41) is 12.9. The Hall–Kier alpha value is -2.01. The van der Waals surface area contributed by atoms with E-state index < -0.39 is 11.5 Å². The van der Waals surface area contributed by atoms with Gasteiger partial charge in [-0.1, -0.05) is 51.4 Å². The number of benzene rings is 1. The molecule has 2 amide bonds. The maximum atomic E-state index is 12.8. The van der Waals surface area contributed by atoms with Crippen molar-refractivity contribution in [3.05, 3.63) is 46.1 Å². The van der Waals surface area contributed by atoms with Crippen molar-refractivity contribution >= 4 is 23.6 Å². The maximum absolute atomic E-state index is 12.8. The molecule has 1 heterocycles. The second-order valence-corrected chi connectivity index (χ2v) is 10.4. The lowest BCUT2D eigenvalue weighted by molar-refractivity contribution is -0.137. The van der Waals surface area contributed by atoms with E-state index in [0.717, 1.165) is 53.8 Å². The molecule has 1 aliphatic heterocycles. The molecule has 0 spiro atoms. The summed E-state index contributed by atoms with van der Waals surface area (Å²) in [6, 6.07) is 5.95. The molecule has 2 unspecified atom stereocenters. The van der Waals surface area contributed by atoms with Crippen LogP contribution in [0.3, 0.4) is 0 Å². The molecule has 2 aliphatic rings. The number of urea groups is 1. The largest absolute Gasteiger partial charge is 0.481 e. The Morgan fingerprint density at radius 2 is 2.10 bits per heavy atom. The number of carboxylic acids is 1. The third kappa shape index (κ3) is 5.00. The fourth-order valence-corrected chi connectivity index (χ4v) is 4.67. The molecule has 2 N–H and O–H groups in total. The molecular formula is C24H33ClN2O3. The van der Waals surface area contributed by atoms with E-state index in [9.17, 15) is 9.59 Å². The van der Waals surface area contributed by atoms with Gasteiger partial charge in [0.05, 0.1) is 12.0 Å². The average Bonchev–Trinajstić information content (AvgIpc) is 2.65. The van der Waals surface area contributed by atoms with Gasteiger partial charge in [0.15, 0.2) is 0 Å². The first kappa shape index (κ1) is 22.7. The Morgan fingerprint density at radius 1 is 1.37 bits per heavy atom. The first-order valence-electron chi connectivity index (χ1n) is 10.8. The summed E-state index contributed by atoms with van der Waals surface area (Å²) in [4.78, 5) is 25.3. The van der Waals surface area contributed by atoms with E-state index in [1.165, 1.54) is 4.90 Å². The minimum atomic E-state index is -0.910. The summed E-state index contributed by atoms with van der Waals surface area (Å²) in [5.41, 5.74) is 2.95. The second kappa shape index (κ2) is 8.62. The molecule has 1 saturated carbocycles. The number of halogens is 1. The van der Waals surface area contributed by atoms with Crippen molar-refractivity contribution in [3.8, 4) is 0 Å². The quantitative estimate of drug-likeness (QED) is 0.604. The lowest BCUT2D eigenvalue weighted by Gasteiger charge is -2.47. The van der Waals surface area contributed by atoms with Crippen LogP contribution < -0.4 is 5.32 Å². The van der Waals surface area contributed by atoms with Gasteiger partial charge in [-0.2, -0.15) is 0 Å². The van der Waals surface area contributed by atoms with Crippen molar-refractivity contribution in [2.24, 2.45) is 11.3 Å². The van der Waals surface area contributed by atoms with E-state index in [2.05, 4.69) is 45.1 Å². The number of fused-ring (bicyclic) bond motifs is 1. The maximum Gasteiger partial charge on any atom is 0.322 e. The van der Waals surface area contributed by atoms with Gasteiger partial charge in [-0.05, 0) is 66.2 Å². The predicted molar refractivity (Wildman–Crippen MR) is 119 cm³/mol. The highest BCUT2D eigenvalue weighted by Gasteiger charge is 2.45. The molecule has 0 saturated heterocycles. The Balaban J connectivity index is 1.92. The second-order valence-electron chi connectivity index (χ2n) is 10.0. The average molecular weight is 433 g/mol. The van der Waals surface area contributed by atoms with Crippen LogP contribution in [0.25, 0.3) is 0 Å². The van der Waals surface area contributed by atoms with Crippen LogP contribution >= 0.6 is 11.6 Å². The van der Waals surface area contributed by atoms with Crippen LogP contribution in [0.4, 0.5) is 4.79 Å². The number of nitrogens with zero attached hydrogens (tertiary/aromatic N) is 1. The van der Waals surface area contributed by atoms with Crippen LogP contribution in [0, 0.1) is 11.3 Å². The predicted octanol–water partition coefficient (Wildman–Crippen LogP) is 5.72. The van der Waals surface area contributed by atoms with Crippen LogP contribution in [-0.2, 0) is 16.8 Å². The highest BCUT2D eigenvalue weighted by molar-refractivity contribution is 6.31. The zero-order valence-corrected chi connectivity index (χ0v) is 19.2. The molecule has 164 valence electrons. The van der Waals surface area contributed by atoms with Gasteiger partial charge >= 0.3 is 12.0 Å². The van der Waals surface area contributed by atoms with Crippen LogP contribution in [0.1, 0.15) is 70.9 Å². The summed E-state index contributed by atoms with van der Waals surface area (Å²) >= 11 is 6.68. The Morgan fingerprint density at radius 3 is 2.73 bits per heavy atom. The molecule has 1 aromatic rings. The van der Waals surface area contributed by atoms with Gasteiger partial charge in [0.25, 0.3) is 0 Å². The van der Waals surface area contributed by atoms with E-state index in [4.69, 9.17) is 16.7 Å². The van der Waals surface area contributed by atoms with E-state index in [-0.39, 0.29) is 24.4 Å². The third-order valence-electron chi connectivity index (χ3n) is 6.28. The molecule has 3 rings (SSSR count). The topological polar surface area (TPSA) is 69.6 Å². The van der Waals surface area contributed by atoms with Gasteiger partial charge in [0.2, 0.25) is 0 Å². The summed E-state index contributed by atoms with van der Waals surface area (Å²) in [6.07, 6.45) is 6.46. The van der Waals surface area contributed by atoms with Crippen molar-refractivity contribution in [1.29, 1.82) is 0 Å². The first-order valence-corrected chi connectivity index (χ1v) is 11.2. The molecule has 6 heteroatoms. The minimum Gasteiger partial charge on any atom is -0.481 e. The van der Waals surface area contributed by atoms with Crippen molar-refractivity contribution in [2.45, 2.75) is 71.8 Å². The fraction of sp³-hybridized carbons (Fsp3) is 0.583. The van der Waals surface area contributed by atoms with Gasteiger partial charge < -0.3 is 15.3 Å². The summed E-state index contributed by atoms with van der Waals surface area (Å²) in [7, 11) is 0. The standard InChI is InChI=1S/C24H33ClN2O3/c1-16-7-11-24(18-6-5-17(20(25)14-18)8-10-23(2,3)4)19(13-16)15-27(22(30)26-24)12-9-21(28)29/h5-6,14-16H,7-13H2,1-4H3,(H,26,30)(H,28,29). The van der Waals surface area contributed by atoms with Gasteiger partial charge in [-0.15, -0.1) is 0 Å². The Bertz CT molecular complexity index is 858. The summed E-state index contributed by atoms with van der Waals surface area (Å²) < 4.78 is 0. The minimum absolute atomic E-state index is 0.0753. The van der Waals surface area contributed by atoms with E-state index in [1.54, 1.807) is 0 Å². The van der Waals surface area contributed by atoms with Gasteiger partial charge in [0.1, 0.15) is 0 Å². The molecule has 0 radical (unpaired) electrons. The molecule has 5 nitrogen and oxygen atoms in total. The smallest absolute Gasteiger partial charge is 0.322 e. The van der Waals surface area contributed by atoms with Crippen LogP contribution in [0.15, 0.2) is 30.0 Å². The molecule has 0 aromatic heterocycles. The molecule has 1 aliphatic carbocycles. The van der Waals surface area contributed by atoms with Crippen molar-refractivity contribution in [1.82, 2.24) is 10.2 Å². The van der Waals surface area contributed by atoms with Gasteiger partial charge in [-0.3, -0.25) is 4.79 Å².